The van der Waals surface area contributed by atoms with Gasteiger partial charge in [0, 0.05) is 33.9 Å². The lowest BCUT2D eigenvalue weighted by atomic mass is 9.92. The molecular formula is C26H19Cl2F3N2O5. The highest BCUT2D eigenvalue weighted by Crippen LogP contribution is 2.42. The van der Waals surface area contributed by atoms with Crippen LogP contribution in [0.2, 0.25) is 10.0 Å². The second-order valence-corrected chi connectivity index (χ2v) is 9.19. The number of nitrogens with one attached hydrogen (secondary N) is 1. The summed E-state index contributed by atoms with van der Waals surface area (Å²) in [6, 6.07) is 12.3. The molecule has 1 aliphatic rings. The van der Waals surface area contributed by atoms with Crippen LogP contribution in [-0.2, 0) is 17.4 Å². The molecule has 0 saturated heterocycles. The van der Waals surface area contributed by atoms with Crippen molar-refractivity contribution in [3.63, 3.8) is 0 Å². The van der Waals surface area contributed by atoms with Gasteiger partial charge in [-0.25, -0.2) is 0 Å². The van der Waals surface area contributed by atoms with Crippen LogP contribution in [-0.4, -0.2) is 25.0 Å². The van der Waals surface area contributed by atoms with Gasteiger partial charge in [-0.1, -0.05) is 29.3 Å². The van der Waals surface area contributed by atoms with E-state index in [4.69, 9.17) is 32.7 Å². The Kier molecular flexibility index (Phi) is 8.23. The molecule has 0 fully saturated rings. The molecule has 1 N–H and O–H groups in total. The summed E-state index contributed by atoms with van der Waals surface area (Å²) >= 11 is 12.3. The number of alkyl halides is 3. The lowest BCUT2D eigenvalue weighted by molar-refractivity contribution is -0.137. The van der Waals surface area contributed by atoms with Gasteiger partial charge in [-0.3, -0.25) is 9.59 Å². The Bertz CT molecular complexity index is 1380. The number of amides is 2. The van der Waals surface area contributed by atoms with Gasteiger partial charge < -0.3 is 14.8 Å². The predicted molar refractivity (Wildman–Crippen MR) is 134 cm³/mol. The molecule has 2 amide bonds. The molecular weight excluding hydrogens is 548 g/mol. The van der Waals surface area contributed by atoms with E-state index < -0.39 is 23.6 Å². The fourth-order valence-corrected chi connectivity index (χ4v) is 4.41. The Morgan fingerprint density at radius 2 is 1.79 bits per heavy atom. The van der Waals surface area contributed by atoms with Crippen LogP contribution in [0.3, 0.4) is 0 Å². The molecule has 1 unspecified atom stereocenters. The van der Waals surface area contributed by atoms with E-state index in [9.17, 15) is 27.7 Å². The minimum Gasteiger partial charge on any atom is -0.493 e. The molecule has 1 aliphatic heterocycles. The van der Waals surface area contributed by atoms with Crippen LogP contribution >= 0.6 is 23.2 Å². The molecule has 0 aliphatic carbocycles. The molecule has 198 valence electrons. The van der Waals surface area contributed by atoms with Gasteiger partial charge in [-0.05, 0) is 60.9 Å². The van der Waals surface area contributed by atoms with E-state index >= 15 is 0 Å². The summed E-state index contributed by atoms with van der Waals surface area (Å²) in [6.07, 6.45) is -3.92. The van der Waals surface area contributed by atoms with Crippen molar-refractivity contribution < 1.29 is 32.2 Å². The number of benzene rings is 3. The number of nitroso groups, excluding NO2 is 1. The summed E-state index contributed by atoms with van der Waals surface area (Å²) in [4.78, 5) is 35.0. The molecule has 0 radical (unpaired) electrons. The Hall–Kier alpha value is -3.63. The minimum absolute atomic E-state index is 0.0238. The van der Waals surface area contributed by atoms with Crippen molar-refractivity contribution in [1.82, 2.24) is 5.32 Å². The fraction of sp³-hybridized carbons (Fsp3) is 0.231. The van der Waals surface area contributed by atoms with Crippen LogP contribution < -0.4 is 14.8 Å². The van der Waals surface area contributed by atoms with Gasteiger partial charge in [0.05, 0.1) is 23.1 Å². The third kappa shape index (κ3) is 6.25. The van der Waals surface area contributed by atoms with Gasteiger partial charge in [-0.2, -0.15) is 13.2 Å². The maximum atomic E-state index is 12.8. The summed E-state index contributed by atoms with van der Waals surface area (Å²) in [5.74, 6) is -0.922. The largest absolute Gasteiger partial charge is 0.493 e. The van der Waals surface area contributed by atoms with Crippen molar-refractivity contribution in [3.8, 4) is 17.2 Å². The number of hydrogen-bond acceptors (Lipinski definition) is 5. The number of fused-ring (bicyclic) bond motifs is 1. The van der Waals surface area contributed by atoms with Crippen LogP contribution in [0, 0.1) is 4.91 Å². The quantitative estimate of drug-likeness (QED) is 0.313. The zero-order valence-electron chi connectivity index (χ0n) is 19.5. The smallest absolute Gasteiger partial charge is 0.416 e. The second-order valence-electron chi connectivity index (χ2n) is 8.38. The number of carbonyl (C=O) groups excluding carboxylic acids is 2. The third-order valence-electron chi connectivity index (χ3n) is 5.90. The van der Waals surface area contributed by atoms with Crippen molar-refractivity contribution in [2.24, 2.45) is 5.18 Å². The van der Waals surface area contributed by atoms with E-state index in [1.807, 2.05) is 0 Å². The Labute approximate surface area is 224 Å². The summed E-state index contributed by atoms with van der Waals surface area (Å²) in [7, 11) is 0. The van der Waals surface area contributed by atoms with Crippen LogP contribution in [0.4, 0.5) is 13.2 Å². The molecule has 0 spiro atoms. The van der Waals surface area contributed by atoms with Crippen molar-refractivity contribution in [2.75, 3.05) is 13.2 Å². The first-order chi connectivity index (χ1) is 18.1. The molecule has 7 nitrogen and oxygen atoms in total. The molecule has 0 aromatic heterocycles. The standard InChI is InChI=1S/C26H19Cl2F3N2O5/c27-20-11-16(26(29,30)31)4-1-14(20)7-9-32-24(34)15-2-5-17(6-3-15)38-23-13-22-19(12-21(23)28)18(8-10-37-22)25(35)33-36/h1-6,11-13,18H,7-10H2,(H,32,34). The summed E-state index contributed by atoms with van der Waals surface area (Å²) in [5.41, 5.74) is 0.435. The van der Waals surface area contributed by atoms with Crippen LogP contribution in [0.1, 0.15) is 39.4 Å². The van der Waals surface area contributed by atoms with E-state index in [-0.39, 0.29) is 41.3 Å². The maximum absolute atomic E-state index is 12.8. The van der Waals surface area contributed by atoms with Crippen molar-refractivity contribution >= 4 is 35.0 Å². The van der Waals surface area contributed by atoms with Gasteiger partial charge in [0.15, 0.2) is 0 Å². The normalized spacial score (nSPS) is 14.7. The first-order valence-electron chi connectivity index (χ1n) is 11.3. The van der Waals surface area contributed by atoms with Crippen molar-refractivity contribution in [1.29, 1.82) is 0 Å². The zero-order chi connectivity index (χ0) is 27.4. The molecule has 12 heteroatoms. The highest BCUT2D eigenvalue weighted by molar-refractivity contribution is 6.32. The topological polar surface area (TPSA) is 94.1 Å². The van der Waals surface area contributed by atoms with Crippen LogP contribution in [0.25, 0.3) is 0 Å². The van der Waals surface area contributed by atoms with Gasteiger partial charge in [0.2, 0.25) is 0 Å². The summed E-state index contributed by atoms with van der Waals surface area (Å²) < 4.78 is 49.7. The summed E-state index contributed by atoms with van der Waals surface area (Å²) in [5, 5.41) is 5.37. The molecule has 0 bridgehead atoms. The van der Waals surface area contributed by atoms with Crippen molar-refractivity contribution in [3.05, 3.63) is 91.8 Å². The molecule has 0 saturated carbocycles. The highest BCUT2D eigenvalue weighted by atomic mass is 35.5. The predicted octanol–water partition coefficient (Wildman–Crippen LogP) is 6.94. The average molecular weight is 567 g/mol. The Morgan fingerprint density at radius 3 is 2.45 bits per heavy atom. The lowest BCUT2D eigenvalue weighted by Gasteiger charge is -2.24. The maximum Gasteiger partial charge on any atom is 0.416 e. The van der Waals surface area contributed by atoms with Gasteiger partial charge >= 0.3 is 6.18 Å². The summed E-state index contributed by atoms with van der Waals surface area (Å²) in [6.45, 7) is 0.394. The second kappa shape index (κ2) is 11.4. The van der Waals surface area contributed by atoms with Crippen LogP contribution in [0.15, 0.2) is 59.8 Å². The fourth-order valence-electron chi connectivity index (χ4n) is 3.93. The van der Waals surface area contributed by atoms with E-state index in [0.717, 1.165) is 12.1 Å². The van der Waals surface area contributed by atoms with E-state index in [1.54, 1.807) is 12.1 Å². The molecule has 1 heterocycles. The van der Waals surface area contributed by atoms with E-state index in [2.05, 4.69) is 10.5 Å². The lowest BCUT2D eigenvalue weighted by Crippen LogP contribution is -2.25. The van der Waals surface area contributed by atoms with Gasteiger partial charge in [0.25, 0.3) is 11.8 Å². The number of hydrogen-bond donors (Lipinski definition) is 1. The number of ether oxygens (including phenoxy) is 2. The third-order valence-corrected chi connectivity index (χ3v) is 6.54. The van der Waals surface area contributed by atoms with E-state index in [0.29, 0.717) is 34.6 Å². The zero-order valence-corrected chi connectivity index (χ0v) is 21.0. The Balaban J connectivity index is 1.36. The average Bonchev–Trinajstić information content (AvgIpc) is 2.89. The molecule has 38 heavy (non-hydrogen) atoms. The van der Waals surface area contributed by atoms with Gasteiger partial charge in [0.1, 0.15) is 17.2 Å². The highest BCUT2D eigenvalue weighted by Gasteiger charge is 2.31. The SMILES string of the molecule is O=NC(=O)C1CCOc2cc(Oc3ccc(C(=O)NCCc4ccc(C(F)(F)F)cc4Cl)cc3)c(Cl)cc21. The first kappa shape index (κ1) is 27.4. The van der Waals surface area contributed by atoms with Gasteiger partial charge in [-0.15, -0.1) is 4.91 Å². The van der Waals surface area contributed by atoms with Crippen molar-refractivity contribution in [2.45, 2.75) is 24.9 Å². The van der Waals surface area contributed by atoms with E-state index in [1.165, 1.54) is 30.3 Å². The number of nitrogens with zero attached hydrogens (tertiary/aromatic N) is 1. The minimum atomic E-state index is -4.48. The Morgan fingerprint density at radius 1 is 1.05 bits per heavy atom. The number of halogens is 5. The molecule has 3 aromatic rings. The molecule has 4 rings (SSSR count). The number of carbonyl (C=O) groups is 2. The monoisotopic (exact) mass is 566 g/mol. The first-order valence-corrected chi connectivity index (χ1v) is 12.1. The molecule has 1 atom stereocenters. The molecule has 3 aromatic carbocycles. The van der Waals surface area contributed by atoms with Crippen LogP contribution in [0.5, 0.6) is 17.2 Å². The number of rotatable bonds is 7.